The number of benzene rings is 4. The molecule has 1 aliphatic heterocycles. The topological polar surface area (TPSA) is 550 Å². The standard InChI is InChI=1S/C44H43Cl2N19O19S5/c1-3-65-36(67)33(35(47)66)19(2)34(37(65)68)62-61-28-17-29(86-84-82-71)26(18-32(28)89(78,79)80)52-43-54-38(45)53-41(57-43)49-6-7-63-8-10-64(11-9-63)44-56-39(46)55-42(58-44)50-21-4-5-24(25(14-21)51-40(48)69)59-60-27-16-23-20(13-31(27)88(75,76)77)12-22(85-83-81-70)15-30(23)87(72,73)74/h4-5,12-18,67,70-71H,3,6-11H2,1-2H3,(H2,47,66)(H3,48,51,69)(H,72,73,74)(H,75,76,77)(H,78,79,80)(H,50,55,56,58)(H2,49,52,53,54,57). The van der Waals surface area contributed by atoms with E-state index >= 15 is 0 Å². The highest BCUT2D eigenvalue weighted by atomic mass is 35.5. The van der Waals surface area contributed by atoms with Crippen molar-refractivity contribution in [2.75, 3.05) is 65.4 Å². The van der Waals surface area contributed by atoms with Crippen molar-refractivity contribution < 1.29 is 82.9 Å². The maximum absolute atomic E-state index is 13.2. The Morgan fingerprint density at radius 2 is 1.31 bits per heavy atom. The number of pyridine rings is 1. The van der Waals surface area contributed by atoms with Gasteiger partial charge in [-0.05, 0) is 97.0 Å². The number of amides is 3. The zero-order valence-corrected chi connectivity index (χ0v) is 50.5. The number of primary amides is 2. The largest absolute Gasteiger partial charge is 0.494 e. The predicted octanol–water partition coefficient (Wildman–Crippen LogP) is 6.45. The molecule has 38 nitrogen and oxygen atoms in total. The zero-order chi connectivity index (χ0) is 64.7. The average molecular weight is 1370 g/mol. The van der Waals surface area contributed by atoms with Crippen LogP contribution in [-0.4, -0.2) is 145 Å². The van der Waals surface area contributed by atoms with Crippen LogP contribution >= 0.6 is 47.3 Å². The van der Waals surface area contributed by atoms with Gasteiger partial charge in [-0.15, -0.1) is 29.1 Å². The van der Waals surface area contributed by atoms with Crippen molar-refractivity contribution in [1.82, 2.24) is 39.4 Å². The van der Waals surface area contributed by atoms with Crippen LogP contribution in [0.1, 0.15) is 22.8 Å². The van der Waals surface area contributed by atoms with Gasteiger partial charge >= 0.3 is 6.03 Å². The lowest BCUT2D eigenvalue weighted by Crippen LogP contribution is -2.48. The van der Waals surface area contributed by atoms with Gasteiger partial charge in [0.15, 0.2) is 5.69 Å². The molecule has 14 N–H and O–H groups in total. The first-order valence-electron chi connectivity index (χ1n) is 24.5. The number of carbonyl (C=O) groups is 2. The van der Waals surface area contributed by atoms with Crippen molar-refractivity contribution in [1.29, 1.82) is 0 Å². The molecule has 1 fully saturated rings. The highest BCUT2D eigenvalue weighted by Gasteiger charge is 2.27. The van der Waals surface area contributed by atoms with Crippen LogP contribution in [0.25, 0.3) is 10.8 Å². The summed E-state index contributed by atoms with van der Waals surface area (Å²) in [4.78, 5) is 64.1. The highest BCUT2D eigenvalue weighted by Crippen LogP contribution is 2.41. The number of nitrogens with zero attached hydrogens (tertiary/aromatic N) is 13. The lowest BCUT2D eigenvalue weighted by molar-refractivity contribution is -0.432. The zero-order valence-electron chi connectivity index (χ0n) is 44.9. The summed E-state index contributed by atoms with van der Waals surface area (Å²) < 4.78 is 115. The molecule has 3 aromatic heterocycles. The number of piperazine rings is 1. The molecule has 3 amide bonds. The number of carbonyl (C=O) groups excluding carboxylic acids is 2. The minimum absolute atomic E-state index is 0.0439. The van der Waals surface area contributed by atoms with Crippen LogP contribution in [0.4, 0.5) is 68.4 Å². The van der Waals surface area contributed by atoms with Gasteiger partial charge in [0.05, 0.1) is 40.4 Å². The molecule has 0 spiro atoms. The maximum atomic E-state index is 13.2. The number of urea groups is 1. The van der Waals surface area contributed by atoms with Crippen LogP contribution in [-0.2, 0) is 55.6 Å². The van der Waals surface area contributed by atoms with Crippen molar-refractivity contribution in [2.45, 2.75) is 44.9 Å². The summed E-state index contributed by atoms with van der Waals surface area (Å²) in [5.74, 6) is -2.01. The number of nitrogens with one attached hydrogen (secondary N) is 4. The van der Waals surface area contributed by atoms with E-state index in [9.17, 15) is 58.4 Å². The quantitative estimate of drug-likeness (QED) is 0.00961. The monoisotopic (exact) mass is 1370 g/mol. The number of hydrogen-bond acceptors (Lipinski definition) is 33. The number of azo groups is 2. The van der Waals surface area contributed by atoms with E-state index in [2.05, 4.69) is 95.3 Å². The first kappa shape index (κ1) is 66.7. The van der Waals surface area contributed by atoms with Gasteiger partial charge in [-0.25, -0.2) is 15.3 Å². The molecule has 8 rings (SSSR count). The SMILES string of the molecule is CCn1c(O)c(C(N)=O)c(C)c(N=Nc2cc(SOOO)c(Nc3nc(Cl)nc(NCCN4CCN(c5nc(Cl)nc(Nc6ccc(N=Nc7cc8c(S(=O)(=O)O)cc(SOOO)cc8cc7S(=O)(=O)O)c(NC(N)=O)c6)n5)CC4)n3)cc2S(=O)(=O)O)c1=O. The molecule has 4 heterocycles. The van der Waals surface area contributed by atoms with Gasteiger partial charge in [-0.3, -0.25) is 32.7 Å². The molecule has 472 valence electrons. The fraction of sp³-hybridized carbons (Fsp3) is 0.205. The summed E-state index contributed by atoms with van der Waals surface area (Å²) in [6.07, 6.45) is 0. The Bertz CT molecular complexity index is 4420. The lowest BCUT2D eigenvalue weighted by atomic mass is 10.1. The molecule has 7 aromatic rings. The number of nitrogens with two attached hydrogens (primary N) is 2. The van der Waals surface area contributed by atoms with Crippen LogP contribution in [0.5, 0.6) is 5.88 Å². The molecule has 1 aliphatic rings. The van der Waals surface area contributed by atoms with Crippen molar-refractivity contribution >= 4 is 164 Å². The van der Waals surface area contributed by atoms with Crippen molar-refractivity contribution in [3.8, 4) is 5.88 Å². The second-order valence-electron chi connectivity index (χ2n) is 17.8. The number of anilines is 7. The van der Waals surface area contributed by atoms with Crippen molar-refractivity contribution in [2.24, 2.45) is 31.9 Å². The average Bonchev–Trinajstić information content (AvgIpc) is 0.851. The number of aromatic nitrogens is 7. The molecule has 89 heavy (non-hydrogen) atoms. The van der Waals surface area contributed by atoms with E-state index in [-0.39, 0.29) is 96.3 Å². The van der Waals surface area contributed by atoms with Gasteiger partial charge in [-0.1, -0.05) is 10.1 Å². The Labute approximate surface area is 518 Å². The van der Waals surface area contributed by atoms with E-state index in [0.717, 1.165) is 34.9 Å². The van der Waals surface area contributed by atoms with E-state index in [0.29, 0.717) is 56.8 Å². The van der Waals surface area contributed by atoms with Gasteiger partial charge in [0.25, 0.3) is 41.8 Å². The smallest absolute Gasteiger partial charge is 0.316 e. The molecule has 45 heteroatoms. The third-order valence-corrected chi connectivity index (χ3v) is 16.4. The van der Waals surface area contributed by atoms with E-state index in [1.54, 1.807) is 0 Å². The molecule has 0 unspecified atom stereocenters. The number of aromatic hydroxyl groups is 1. The molecule has 0 aliphatic carbocycles. The Balaban J connectivity index is 0.933. The van der Waals surface area contributed by atoms with Gasteiger partial charge in [0.2, 0.25) is 40.2 Å². The normalized spacial score (nSPS) is 13.4. The summed E-state index contributed by atoms with van der Waals surface area (Å²) in [6.45, 7) is 5.00. The summed E-state index contributed by atoms with van der Waals surface area (Å²) in [5.41, 5.74) is 7.36. The molecule has 1 saturated heterocycles. The fourth-order valence-electron chi connectivity index (χ4n) is 8.40. The number of fused-ring (bicyclic) bond motifs is 1. The first-order chi connectivity index (χ1) is 42.0. The molecular weight excluding hydrogens is 1330 g/mol. The van der Waals surface area contributed by atoms with E-state index in [4.69, 9.17) is 45.2 Å². The van der Waals surface area contributed by atoms with Gasteiger partial charge in [0, 0.05) is 67.3 Å². The second kappa shape index (κ2) is 28.1. The van der Waals surface area contributed by atoms with E-state index in [1.165, 1.54) is 38.1 Å². The molecular formula is C44H43Cl2N19O19S5. The number of hydrogen-bond donors (Lipinski definition) is 12. The third kappa shape index (κ3) is 16.5. The summed E-state index contributed by atoms with van der Waals surface area (Å²) >= 11 is 13.2. The predicted molar refractivity (Wildman–Crippen MR) is 314 cm³/mol. The molecule has 4 aromatic carbocycles. The molecule has 0 saturated carbocycles. The highest BCUT2D eigenvalue weighted by molar-refractivity contribution is 7.95. The van der Waals surface area contributed by atoms with Crippen molar-refractivity contribution in [3.05, 3.63) is 86.6 Å². The fourth-order valence-corrected chi connectivity index (χ4v) is 11.7. The van der Waals surface area contributed by atoms with Gasteiger partial charge in [-0.2, -0.15) is 55.2 Å². The summed E-state index contributed by atoms with van der Waals surface area (Å²) in [7, 11) is -15.3. The van der Waals surface area contributed by atoms with E-state index in [1.807, 2.05) is 4.90 Å². The Morgan fingerprint density at radius 3 is 1.96 bits per heavy atom. The maximum Gasteiger partial charge on any atom is 0.316 e. The number of halogens is 2. The van der Waals surface area contributed by atoms with E-state index < -0.39 is 91.0 Å². The van der Waals surface area contributed by atoms with Crippen LogP contribution in [0.15, 0.2) is 104 Å². The van der Waals surface area contributed by atoms with Crippen LogP contribution in [0.3, 0.4) is 0 Å². The molecule has 0 atom stereocenters. The summed E-state index contributed by atoms with van der Waals surface area (Å²) in [6, 6.07) is 8.66. The lowest BCUT2D eigenvalue weighted by Gasteiger charge is -2.34. The van der Waals surface area contributed by atoms with Crippen LogP contribution in [0, 0.1) is 6.92 Å². The minimum Gasteiger partial charge on any atom is -0.494 e. The Kier molecular flexibility index (Phi) is 21.1. The number of rotatable bonds is 25. The van der Waals surface area contributed by atoms with Gasteiger partial charge in [0.1, 0.15) is 37.3 Å². The Hall–Kier alpha value is -8.22. The van der Waals surface area contributed by atoms with Crippen molar-refractivity contribution in [3.63, 3.8) is 0 Å². The second-order valence-corrected chi connectivity index (χ2v) is 24.2. The molecule has 0 radical (unpaired) electrons. The van der Waals surface area contributed by atoms with Gasteiger partial charge < -0.3 is 42.7 Å². The van der Waals surface area contributed by atoms with Crippen LogP contribution < -0.4 is 43.2 Å². The van der Waals surface area contributed by atoms with Crippen LogP contribution in [0.2, 0.25) is 10.6 Å². The summed E-state index contributed by atoms with van der Waals surface area (Å²) in [5, 5.41) is 61.0. The third-order valence-electron chi connectivity index (χ3n) is 12.2. The molecule has 0 bridgehead atoms. The first-order valence-corrected chi connectivity index (χ1v) is 31.0. The minimum atomic E-state index is -5.15. The Morgan fingerprint density at radius 1 is 0.708 bits per heavy atom.